The van der Waals surface area contributed by atoms with Gasteiger partial charge in [0.15, 0.2) is 0 Å². The number of hydrogen-bond acceptors (Lipinski definition) is 7. The van der Waals surface area contributed by atoms with Gasteiger partial charge in [0.05, 0.1) is 29.5 Å². The third kappa shape index (κ3) is 6.17. The highest BCUT2D eigenvalue weighted by Gasteiger charge is 2.37. The number of carbonyl (C=O) groups is 1. The molecule has 0 saturated carbocycles. The normalized spacial score (nSPS) is 14.6. The van der Waals surface area contributed by atoms with E-state index in [1.54, 1.807) is 36.5 Å². The molecule has 2 heterocycles. The summed E-state index contributed by atoms with van der Waals surface area (Å²) in [4.78, 5) is 23.8. The van der Waals surface area contributed by atoms with Crippen LogP contribution in [-0.4, -0.2) is 61.8 Å². The number of aliphatic carboxylic acids is 1. The molecule has 9 nitrogen and oxygen atoms in total. The number of nitrogens with zero attached hydrogens (tertiary/aromatic N) is 4. The van der Waals surface area contributed by atoms with Crippen LogP contribution in [0.1, 0.15) is 26.2 Å². The van der Waals surface area contributed by atoms with Crippen molar-refractivity contribution in [1.82, 2.24) is 9.97 Å². The van der Waals surface area contributed by atoms with Crippen LogP contribution in [0.2, 0.25) is 10.0 Å². The molecule has 1 unspecified atom stereocenters. The number of sulfonamides is 1. The lowest BCUT2D eigenvalue weighted by Gasteiger charge is -2.31. The van der Waals surface area contributed by atoms with E-state index in [-0.39, 0.29) is 27.0 Å². The minimum Gasteiger partial charge on any atom is -0.480 e. The molecule has 1 N–H and O–H groups in total. The highest BCUT2D eigenvalue weighted by atomic mass is 35.5. The summed E-state index contributed by atoms with van der Waals surface area (Å²) in [6, 6.07) is 15.1. The minimum atomic E-state index is -4.42. The number of morpholine rings is 1. The molecule has 0 amide bonds. The summed E-state index contributed by atoms with van der Waals surface area (Å²) in [5.41, 5.74) is 1.65. The van der Waals surface area contributed by atoms with Gasteiger partial charge in [0.25, 0.3) is 10.0 Å². The van der Waals surface area contributed by atoms with Crippen LogP contribution in [0.3, 0.4) is 0 Å². The monoisotopic (exact) mass is 628 g/mol. The van der Waals surface area contributed by atoms with Gasteiger partial charge in [0.2, 0.25) is 5.95 Å². The standard InChI is InChI=1S/C30H30Cl2N4O5S/c1-2-3-9-28(29(37)38)36(42(39,40)22-18-20(31)17-21(32)19-22)27-10-5-6-23-24(7-4-8-25(23)27)26-11-12-33-30(34-26)35-13-15-41-16-14-35/h4-8,10-12,17-19,28H,2-3,9,13-16H2,1H3,(H,37,38). The van der Waals surface area contributed by atoms with Crippen molar-refractivity contribution in [2.24, 2.45) is 0 Å². The molecule has 0 aliphatic carbocycles. The van der Waals surface area contributed by atoms with Crippen LogP contribution in [0.25, 0.3) is 22.0 Å². The first-order valence-corrected chi connectivity index (χ1v) is 15.8. The van der Waals surface area contributed by atoms with Gasteiger partial charge in [0, 0.05) is 40.3 Å². The van der Waals surface area contributed by atoms with Crippen molar-refractivity contribution in [1.29, 1.82) is 0 Å². The van der Waals surface area contributed by atoms with Crippen LogP contribution in [-0.2, 0) is 19.6 Å². The van der Waals surface area contributed by atoms with E-state index in [2.05, 4.69) is 9.88 Å². The summed E-state index contributed by atoms with van der Waals surface area (Å²) in [7, 11) is -4.42. The van der Waals surface area contributed by atoms with E-state index in [4.69, 9.17) is 32.9 Å². The lowest BCUT2D eigenvalue weighted by molar-refractivity contribution is -0.138. The first-order chi connectivity index (χ1) is 20.2. The molecule has 1 saturated heterocycles. The average molecular weight is 630 g/mol. The number of aromatic nitrogens is 2. The van der Waals surface area contributed by atoms with Gasteiger partial charge in [0.1, 0.15) is 6.04 Å². The summed E-state index contributed by atoms with van der Waals surface area (Å²) in [5.74, 6) is -0.671. The molecule has 0 spiro atoms. The third-order valence-electron chi connectivity index (χ3n) is 7.14. The first-order valence-electron chi connectivity index (χ1n) is 13.6. The number of ether oxygens (including phenoxy) is 1. The molecule has 3 aromatic carbocycles. The fourth-order valence-electron chi connectivity index (χ4n) is 5.12. The summed E-state index contributed by atoms with van der Waals surface area (Å²) in [5, 5.41) is 11.8. The van der Waals surface area contributed by atoms with Crippen LogP contribution in [0.4, 0.5) is 11.6 Å². The zero-order valence-corrected chi connectivity index (χ0v) is 25.2. The van der Waals surface area contributed by atoms with Crippen LogP contribution in [0.15, 0.2) is 71.8 Å². The first kappa shape index (κ1) is 30.0. The quantitative estimate of drug-likeness (QED) is 0.218. The van der Waals surface area contributed by atoms with E-state index in [1.165, 1.54) is 18.2 Å². The average Bonchev–Trinajstić information content (AvgIpc) is 2.98. The maximum absolute atomic E-state index is 14.3. The van der Waals surface area contributed by atoms with E-state index in [1.807, 2.05) is 19.1 Å². The Labute approximate surface area is 254 Å². The van der Waals surface area contributed by atoms with Crippen LogP contribution in [0.5, 0.6) is 0 Å². The number of rotatable bonds is 10. The van der Waals surface area contributed by atoms with E-state index in [9.17, 15) is 18.3 Å². The maximum atomic E-state index is 14.3. The van der Waals surface area contributed by atoms with Gasteiger partial charge in [-0.1, -0.05) is 73.3 Å². The number of benzene rings is 3. The molecule has 0 radical (unpaired) electrons. The second-order valence-corrected chi connectivity index (χ2v) is 12.6. The topological polar surface area (TPSA) is 113 Å². The van der Waals surface area contributed by atoms with Crippen LogP contribution >= 0.6 is 23.2 Å². The van der Waals surface area contributed by atoms with Crippen molar-refractivity contribution in [3.05, 3.63) is 76.9 Å². The second-order valence-electron chi connectivity index (χ2n) is 9.92. The number of unbranched alkanes of at least 4 members (excludes halogenated alkanes) is 1. The maximum Gasteiger partial charge on any atom is 0.327 e. The Morgan fingerprint density at radius 1 is 1.05 bits per heavy atom. The highest BCUT2D eigenvalue weighted by molar-refractivity contribution is 7.93. The smallest absolute Gasteiger partial charge is 0.327 e. The molecule has 1 aromatic heterocycles. The van der Waals surface area contributed by atoms with E-state index in [0.717, 1.165) is 9.87 Å². The van der Waals surface area contributed by atoms with Crippen molar-refractivity contribution >= 4 is 61.6 Å². The highest BCUT2D eigenvalue weighted by Crippen LogP contribution is 2.38. The molecule has 1 aliphatic rings. The largest absolute Gasteiger partial charge is 0.480 e. The Bertz CT molecular complexity index is 1690. The molecule has 42 heavy (non-hydrogen) atoms. The second kappa shape index (κ2) is 12.8. The SMILES string of the molecule is CCCCC(C(=O)O)N(c1cccc2c(-c3ccnc(N4CCOCC4)n3)cccc12)S(=O)(=O)c1cc(Cl)cc(Cl)c1. The van der Waals surface area contributed by atoms with E-state index in [0.29, 0.717) is 61.6 Å². The summed E-state index contributed by atoms with van der Waals surface area (Å²) in [6.45, 7) is 4.47. The molecular formula is C30H30Cl2N4O5S. The Balaban J connectivity index is 1.69. The number of anilines is 2. The van der Waals surface area contributed by atoms with Gasteiger partial charge < -0.3 is 14.7 Å². The summed E-state index contributed by atoms with van der Waals surface area (Å²) < 4.78 is 35.0. The molecule has 220 valence electrons. The van der Waals surface area contributed by atoms with Crippen molar-refractivity contribution in [2.45, 2.75) is 37.1 Å². The predicted molar refractivity (Wildman–Crippen MR) is 165 cm³/mol. The van der Waals surface area contributed by atoms with Gasteiger partial charge in [-0.15, -0.1) is 0 Å². The van der Waals surface area contributed by atoms with Crippen LogP contribution < -0.4 is 9.21 Å². The molecule has 1 fully saturated rings. The van der Waals surface area contributed by atoms with Crippen LogP contribution in [0, 0.1) is 0 Å². The predicted octanol–water partition coefficient (Wildman–Crippen LogP) is 6.28. The van der Waals surface area contributed by atoms with E-state index < -0.39 is 22.0 Å². The third-order valence-corrected chi connectivity index (χ3v) is 9.38. The Kier molecular flexibility index (Phi) is 9.17. The van der Waals surface area contributed by atoms with Crippen molar-refractivity contribution < 1.29 is 23.1 Å². The lowest BCUT2D eigenvalue weighted by atomic mass is 10.00. The number of carboxylic acids is 1. The zero-order valence-electron chi connectivity index (χ0n) is 22.9. The fraction of sp³-hybridized carbons (Fsp3) is 0.300. The van der Waals surface area contributed by atoms with Crippen molar-refractivity contribution in [3.8, 4) is 11.3 Å². The van der Waals surface area contributed by atoms with Gasteiger partial charge in [-0.05, 0) is 42.1 Å². The Morgan fingerprint density at radius 2 is 1.74 bits per heavy atom. The molecule has 0 bridgehead atoms. The van der Waals surface area contributed by atoms with Gasteiger partial charge in [-0.2, -0.15) is 0 Å². The van der Waals surface area contributed by atoms with E-state index >= 15 is 0 Å². The number of halogens is 2. The zero-order chi connectivity index (χ0) is 29.9. The van der Waals surface area contributed by atoms with Crippen molar-refractivity contribution in [3.63, 3.8) is 0 Å². The molecular weight excluding hydrogens is 599 g/mol. The molecule has 1 atom stereocenters. The van der Waals surface area contributed by atoms with Gasteiger partial charge in [-0.3, -0.25) is 4.31 Å². The van der Waals surface area contributed by atoms with Gasteiger partial charge in [-0.25, -0.2) is 23.2 Å². The number of carboxylic acid groups (broad SMARTS) is 1. The Morgan fingerprint density at radius 3 is 2.43 bits per heavy atom. The Hall–Kier alpha value is -3.44. The number of hydrogen-bond donors (Lipinski definition) is 1. The van der Waals surface area contributed by atoms with Crippen molar-refractivity contribution in [2.75, 3.05) is 35.5 Å². The fourth-order valence-corrected chi connectivity index (χ4v) is 7.50. The lowest BCUT2D eigenvalue weighted by Crippen LogP contribution is -2.45. The summed E-state index contributed by atoms with van der Waals surface area (Å²) >= 11 is 12.4. The molecule has 1 aliphatic heterocycles. The summed E-state index contributed by atoms with van der Waals surface area (Å²) in [6.07, 6.45) is 3.02. The molecule has 4 aromatic rings. The molecule has 5 rings (SSSR count). The number of fused-ring (bicyclic) bond motifs is 1. The molecule has 12 heteroatoms. The van der Waals surface area contributed by atoms with Gasteiger partial charge >= 0.3 is 5.97 Å². The minimum absolute atomic E-state index is 0.115.